The number of hydrogen-bond donors (Lipinski definition) is 0. The molecule has 0 amide bonds. The largest absolute Gasteiger partial charge is 0.491 e. The third-order valence-corrected chi connectivity index (χ3v) is 19.0. The van der Waals surface area contributed by atoms with Crippen molar-refractivity contribution in [3.8, 4) is 5.75 Å². The van der Waals surface area contributed by atoms with E-state index >= 15 is 0 Å². The molecule has 0 spiro atoms. The quantitative estimate of drug-likeness (QED) is 0.0745. The van der Waals surface area contributed by atoms with E-state index in [-0.39, 0.29) is 52.4 Å². The summed E-state index contributed by atoms with van der Waals surface area (Å²) in [5.74, 6) is -0.257. The molecule has 0 aromatic heterocycles. The van der Waals surface area contributed by atoms with Crippen molar-refractivity contribution in [3.05, 3.63) is 67.3 Å². The van der Waals surface area contributed by atoms with Gasteiger partial charge in [-0.05, 0) is 73.7 Å². The Morgan fingerprint density at radius 2 is 1.62 bits per heavy atom. The van der Waals surface area contributed by atoms with E-state index in [1.807, 2.05) is 12.2 Å². The number of alkyl halides is 3. The molecule has 1 unspecified atom stereocenters. The van der Waals surface area contributed by atoms with Gasteiger partial charge in [0.05, 0.1) is 17.8 Å². The molecule has 0 aliphatic heterocycles. The van der Waals surface area contributed by atoms with Crippen molar-refractivity contribution in [2.75, 3.05) is 6.61 Å². The van der Waals surface area contributed by atoms with Crippen molar-refractivity contribution in [2.24, 2.45) is 11.8 Å². The highest BCUT2D eigenvalue weighted by Crippen LogP contribution is 2.45. The molecule has 1 aliphatic carbocycles. The fourth-order valence-electron chi connectivity index (χ4n) is 5.17. The highest BCUT2D eigenvalue weighted by molar-refractivity contribution is 6.74. The normalized spacial score (nSPS) is 21.9. The van der Waals surface area contributed by atoms with E-state index in [0.29, 0.717) is 25.7 Å². The average molecular weight is 697 g/mol. The number of carbonyl (C=O) groups is 1. The maximum atomic E-state index is 13.4. The summed E-state index contributed by atoms with van der Waals surface area (Å²) in [6.45, 7) is 29.5. The number of allylic oxidation sites excluding steroid dienone is 2. The molecule has 5 atom stereocenters. The lowest BCUT2D eigenvalue weighted by Crippen LogP contribution is -2.45. The third-order valence-electron chi connectivity index (χ3n) is 10.0. The van der Waals surface area contributed by atoms with Crippen molar-refractivity contribution in [3.63, 3.8) is 0 Å². The Bertz CT molecular complexity index is 1210. The molecule has 10 heteroatoms. The van der Waals surface area contributed by atoms with Crippen LogP contribution in [0.2, 0.25) is 36.3 Å². The molecular weight excluding hydrogens is 638 g/mol. The second-order valence-electron chi connectivity index (χ2n) is 15.8. The summed E-state index contributed by atoms with van der Waals surface area (Å²) in [5.41, 5.74) is -0.763. The van der Waals surface area contributed by atoms with Crippen molar-refractivity contribution in [1.82, 2.24) is 0 Å². The zero-order chi connectivity index (χ0) is 35.8. The summed E-state index contributed by atoms with van der Waals surface area (Å²) >= 11 is 0. The summed E-state index contributed by atoms with van der Waals surface area (Å²) in [4.78, 5) is 12.9. The Balaban J connectivity index is 2.48. The smallest absolute Gasteiger partial charge is 0.416 e. The van der Waals surface area contributed by atoms with Gasteiger partial charge in [0.2, 0.25) is 0 Å². The lowest BCUT2D eigenvalue weighted by molar-refractivity contribution is -0.151. The fraction of sp³-hybridized carbons (Fsp3) is 0.649. The highest BCUT2D eigenvalue weighted by Gasteiger charge is 2.49. The van der Waals surface area contributed by atoms with Crippen LogP contribution in [0.3, 0.4) is 0 Å². The van der Waals surface area contributed by atoms with Gasteiger partial charge < -0.3 is 18.3 Å². The van der Waals surface area contributed by atoms with Crippen molar-refractivity contribution in [2.45, 2.75) is 134 Å². The second-order valence-corrected chi connectivity index (χ2v) is 25.3. The van der Waals surface area contributed by atoms with Crippen LogP contribution >= 0.6 is 0 Å². The lowest BCUT2D eigenvalue weighted by Gasteiger charge is -2.40. The van der Waals surface area contributed by atoms with Gasteiger partial charge in [-0.1, -0.05) is 71.9 Å². The van der Waals surface area contributed by atoms with Gasteiger partial charge in [-0.25, -0.2) is 0 Å². The van der Waals surface area contributed by atoms with E-state index in [1.54, 1.807) is 6.08 Å². The summed E-state index contributed by atoms with van der Waals surface area (Å²) in [5, 5.41) is -0.131. The van der Waals surface area contributed by atoms with Gasteiger partial charge in [0, 0.05) is 24.7 Å². The third kappa shape index (κ3) is 12.0. The Labute approximate surface area is 284 Å². The first-order valence-electron chi connectivity index (χ1n) is 16.8. The van der Waals surface area contributed by atoms with Gasteiger partial charge in [0.25, 0.3) is 0 Å². The Morgan fingerprint density at radius 1 is 0.979 bits per heavy atom. The molecule has 1 aliphatic rings. The van der Waals surface area contributed by atoms with Gasteiger partial charge in [-0.2, -0.15) is 13.2 Å². The lowest BCUT2D eigenvalue weighted by atomic mass is 9.90. The van der Waals surface area contributed by atoms with E-state index in [9.17, 15) is 18.0 Å². The van der Waals surface area contributed by atoms with E-state index in [2.05, 4.69) is 87.0 Å². The van der Waals surface area contributed by atoms with Crippen LogP contribution in [0.25, 0.3) is 0 Å². The molecule has 0 heterocycles. The molecule has 1 aromatic carbocycles. The Hall–Kier alpha value is -2.15. The standard InChI is InChI=1S/C37H59F3O5Si2/c1-13-15-16-21-34(41)43-32-25-33(45-47(11,12)36(6,7)8)31(30(32)18-14-2)23-22-29(44-46(9,10)35(3,4)5)26-42-28-20-17-19-27(24-28)37(38,39)40/h13-14,17,19-20,22-24,29-33H,1-2,15-16,18,21,25-26H2,3-12H3/b23-22+/t29-,30-,31-,32+,33?/m1/s1. The van der Waals surface area contributed by atoms with Gasteiger partial charge >= 0.3 is 12.1 Å². The number of ether oxygens (including phenoxy) is 2. The van der Waals surface area contributed by atoms with Crippen molar-refractivity contribution in [1.29, 1.82) is 0 Å². The van der Waals surface area contributed by atoms with Crippen LogP contribution in [0.5, 0.6) is 5.75 Å². The summed E-state index contributed by atoms with van der Waals surface area (Å²) in [6.07, 6.45) is 5.17. The van der Waals surface area contributed by atoms with Crippen LogP contribution in [0, 0.1) is 11.8 Å². The fourth-order valence-corrected chi connectivity index (χ4v) is 7.79. The molecule has 1 aromatic rings. The van der Waals surface area contributed by atoms with Gasteiger partial charge in [-0.15, -0.1) is 13.2 Å². The maximum Gasteiger partial charge on any atom is 0.416 e. The minimum absolute atomic E-state index is 0.0264. The molecular formula is C37H59F3O5Si2. The van der Waals surface area contributed by atoms with Gasteiger partial charge in [0.1, 0.15) is 18.5 Å². The summed E-state index contributed by atoms with van der Waals surface area (Å²) in [6, 6.07) is 4.91. The number of unbranched alkanes of at least 4 members (excludes halogenated alkanes) is 1. The van der Waals surface area contributed by atoms with E-state index in [0.717, 1.165) is 18.6 Å². The Morgan fingerprint density at radius 3 is 2.17 bits per heavy atom. The molecule has 0 saturated heterocycles. The van der Waals surface area contributed by atoms with Crippen LogP contribution in [-0.2, 0) is 24.6 Å². The maximum absolute atomic E-state index is 13.4. The molecule has 1 fully saturated rings. The monoisotopic (exact) mass is 696 g/mol. The number of halogens is 3. The Kier molecular flexibility index (Phi) is 14.4. The second kappa shape index (κ2) is 16.5. The van der Waals surface area contributed by atoms with Crippen LogP contribution in [0.1, 0.15) is 79.2 Å². The molecule has 1 saturated carbocycles. The van der Waals surface area contributed by atoms with Crippen LogP contribution in [0.15, 0.2) is 61.7 Å². The number of rotatable bonds is 16. The van der Waals surface area contributed by atoms with Gasteiger partial charge in [0.15, 0.2) is 16.6 Å². The van der Waals surface area contributed by atoms with Crippen LogP contribution < -0.4 is 4.74 Å². The predicted octanol–water partition coefficient (Wildman–Crippen LogP) is 10.9. The minimum Gasteiger partial charge on any atom is -0.491 e. The first-order valence-corrected chi connectivity index (χ1v) is 22.6. The molecule has 47 heavy (non-hydrogen) atoms. The highest BCUT2D eigenvalue weighted by atomic mass is 28.4. The molecule has 5 nitrogen and oxygen atoms in total. The number of hydrogen-bond acceptors (Lipinski definition) is 5. The molecule has 2 rings (SSSR count). The molecule has 0 N–H and O–H groups in total. The van der Waals surface area contributed by atoms with E-state index < -0.39 is 34.5 Å². The first kappa shape index (κ1) is 41.0. The SMILES string of the molecule is C=CCCCC(=O)O[C@H]1CC(O[Si](C)(C)C(C)(C)C)[C@H](/C=C/[C@H](COc2cccc(C(F)(F)F)c2)O[Si](C)(C)C(C)(C)C)[C@H]1CC=C. The minimum atomic E-state index is -4.47. The van der Waals surface area contributed by atoms with Crippen molar-refractivity contribution < 1.29 is 36.3 Å². The molecule has 266 valence electrons. The van der Waals surface area contributed by atoms with Crippen LogP contribution in [-0.4, -0.2) is 47.5 Å². The zero-order valence-electron chi connectivity index (χ0n) is 30.3. The van der Waals surface area contributed by atoms with Crippen LogP contribution in [0.4, 0.5) is 13.2 Å². The molecule has 0 bridgehead atoms. The summed E-state index contributed by atoms with van der Waals surface area (Å²) in [7, 11) is -4.53. The average Bonchev–Trinajstić information content (AvgIpc) is 3.23. The first-order chi connectivity index (χ1) is 21.5. The topological polar surface area (TPSA) is 54.0 Å². The van der Waals surface area contributed by atoms with Gasteiger partial charge in [-0.3, -0.25) is 4.79 Å². The number of benzene rings is 1. The van der Waals surface area contributed by atoms with E-state index in [4.69, 9.17) is 18.3 Å². The zero-order valence-corrected chi connectivity index (χ0v) is 32.3. The molecule has 0 radical (unpaired) electrons. The summed E-state index contributed by atoms with van der Waals surface area (Å²) < 4.78 is 66.0. The van der Waals surface area contributed by atoms with E-state index in [1.165, 1.54) is 12.1 Å². The predicted molar refractivity (Wildman–Crippen MR) is 191 cm³/mol. The number of esters is 1. The van der Waals surface area contributed by atoms with Crippen molar-refractivity contribution >= 4 is 22.6 Å². The number of carbonyl (C=O) groups excluding carboxylic acids is 1.